The molecule has 0 bridgehead atoms. The number of hydrogen-bond donors (Lipinski definition) is 1. The van der Waals surface area contributed by atoms with Crippen molar-refractivity contribution >= 4 is 17.6 Å². The summed E-state index contributed by atoms with van der Waals surface area (Å²) in [6, 6.07) is 3.95. The van der Waals surface area contributed by atoms with Crippen molar-refractivity contribution in [2.24, 2.45) is 0 Å². The van der Waals surface area contributed by atoms with Crippen LogP contribution in [0.25, 0.3) is 5.82 Å². The molecule has 0 aliphatic heterocycles. The van der Waals surface area contributed by atoms with E-state index in [9.17, 15) is 0 Å². The number of aryl methyl sites for hydroxylation is 2. The molecule has 6 heteroatoms. The lowest BCUT2D eigenvalue weighted by Gasteiger charge is -2.08. The molecule has 2 aromatic heterocycles. The van der Waals surface area contributed by atoms with Crippen LogP contribution in [-0.4, -0.2) is 32.5 Å². The first-order chi connectivity index (χ1) is 8.63. The standard InChI is InChI=1S/C12H17N5S/c1-5-13-10-7-11(15-12(14-10)18-4)17-9(3)6-8(2)16-17/h6-7H,5H2,1-4H3,(H,13,14,15). The van der Waals surface area contributed by atoms with E-state index in [4.69, 9.17) is 0 Å². The van der Waals surface area contributed by atoms with Gasteiger partial charge >= 0.3 is 0 Å². The average Bonchev–Trinajstić information content (AvgIpc) is 2.68. The van der Waals surface area contributed by atoms with E-state index in [1.807, 2.05) is 43.8 Å². The highest BCUT2D eigenvalue weighted by Gasteiger charge is 2.09. The molecule has 0 aliphatic carbocycles. The highest BCUT2D eigenvalue weighted by Crippen LogP contribution is 2.18. The fraction of sp³-hybridized carbons (Fsp3) is 0.417. The maximum Gasteiger partial charge on any atom is 0.191 e. The molecule has 0 fully saturated rings. The molecule has 0 atom stereocenters. The van der Waals surface area contributed by atoms with Crippen LogP contribution in [0, 0.1) is 13.8 Å². The predicted octanol–water partition coefficient (Wildman–Crippen LogP) is 2.43. The summed E-state index contributed by atoms with van der Waals surface area (Å²) in [5.41, 5.74) is 2.06. The van der Waals surface area contributed by atoms with E-state index in [1.165, 1.54) is 11.8 Å². The fourth-order valence-electron chi connectivity index (χ4n) is 1.75. The molecule has 18 heavy (non-hydrogen) atoms. The molecule has 2 rings (SSSR count). The van der Waals surface area contributed by atoms with Crippen LogP contribution < -0.4 is 5.32 Å². The first-order valence-electron chi connectivity index (χ1n) is 5.84. The molecule has 0 aromatic carbocycles. The van der Waals surface area contributed by atoms with Gasteiger partial charge in [0.15, 0.2) is 11.0 Å². The van der Waals surface area contributed by atoms with Gasteiger partial charge in [0, 0.05) is 18.3 Å². The van der Waals surface area contributed by atoms with E-state index in [0.29, 0.717) is 0 Å². The summed E-state index contributed by atoms with van der Waals surface area (Å²) in [4.78, 5) is 8.89. The van der Waals surface area contributed by atoms with Gasteiger partial charge in [-0.1, -0.05) is 11.8 Å². The van der Waals surface area contributed by atoms with E-state index in [-0.39, 0.29) is 0 Å². The Labute approximate surface area is 111 Å². The van der Waals surface area contributed by atoms with E-state index >= 15 is 0 Å². The molecular formula is C12H17N5S. The van der Waals surface area contributed by atoms with Gasteiger partial charge in [0.05, 0.1) is 5.69 Å². The number of aromatic nitrogens is 4. The SMILES string of the molecule is CCNc1cc(-n2nc(C)cc2C)nc(SC)n1. The Kier molecular flexibility index (Phi) is 3.86. The molecule has 0 unspecified atom stereocenters. The van der Waals surface area contributed by atoms with Gasteiger partial charge in [0.1, 0.15) is 5.82 Å². The van der Waals surface area contributed by atoms with E-state index < -0.39 is 0 Å². The quantitative estimate of drug-likeness (QED) is 0.678. The summed E-state index contributed by atoms with van der Waals surface area (Å²) in [6.07, 6.45) is 1.97. The zero-order chi connectivity index (χ0) is 13.1. The highest BCUT2D eigenvalue weighted by atomic mass is 32.2. The van der Waals surface area contributed by atoms with Crippen molar-refractivity contribution in [1.29, 1.82) is 0 Å². The lowest BCUT2D eigenvalue weighted by Crippen LogP contribution is -2.07. The Balaban J connectivity index is 2.49. The van der Waals surface area contributed by atoms with Crippen LogP contribution in [0.1, 0.15) is 18.3 Å². The van der Waals surface area contributed by atoms with Crippen LogP contribution in [0.15, 0.2) is 17.3 Å². The van der Waals surface area contributed by atoms with Crippen LogP contribution in [0.5, 0.6) is 0 Å². The molecule has 0 saturated carbocycles. The average molecular weight is 263 g/mol. The van der Waals surface area contributed by atoms with Crippen molar-refractivity contribution in [3.8, 4) is 5.82 Å². The summed E-state index contributed by atoms with van der Waals surface area (Å²) in [5.74, 6) is 1.63. The summed E-state index contributed by atoms with van der Waals surface area (Å²) in [5, 5.41) is 8.41. The summed E-state index contributed by atoms with van der Waals surface area (Å²) >= 11 is 1.53. The number of rotatable bonds is 4. The van der Waals surface area contributed by atoms with Crippen LogP contribution in [0.4, 0.5) is 5.82 Å². The third-order valence-electron chi connectivity index (χ3n) is 2.46. The second-order valence-corrected chi connectivity index (χ2v) is 4.74. The normalized spacial score (nSPS) is 10.7. The Hall–Kier alpha value is -1.56. The minimum absolute atomic E-state index is 0.746. The molecule has 2 aromatic rings. The molecule has 0 saturated heterocycles. The summed E-state index contributed by atoms with van der Waals surface area (Å²) < 4.78 is 1.84. The van der Waals surface area contributed by atoms with Gasteiger partial charge in [-0.2, -0.15) is 5.10 Å². The molecule has 5 nitrogen and oxygen atoms in total. The van der Waals surface area contributed by atoms with Crippen molar-refractivity contribution in [2.45, 2.75) is 25.9 Å². The maximum atomic E-state index is 4.49. The van der Waals surface area contributed by atoms with Crippen LogP contribution in [0.2, 0.25) is 0 Å². The minimum atomic E-state index is 0.746. The lowest BCUT2D eigenvalue weighted by atomic mass is 10.4. The first kappa shape index (κ1) is 12.9. The fourth-order valence-corrected chi connectivity index (χ4v) is 2.12. The van der Waals surface area contributed by atoms with E-state index in [0.717, 1.165) is 34.7 Å². The number of nitrogens with zero attached hydrogens (tertiary/aromatic N) is 4. The van der Waals surface area contributed by atoms with Gasteiger partial charge in [0.2, 0.25) is 0 Å². The van der Waals surface area contributed by atoms with Gasteiger partial charge in [-0.05, 0) is 33.1 Å². The molecule has 0 spiro atoms. The number of anilines is 1. The maximum absolute atomic E-state index is 4.49. The second-order valence-electron chi connectivity index (χ2n) is 3.97. The van der Waals surface area contributed by atoms with Gasteiger partial charge in [0.25, 0.3) is 0 Å². The first-order valence-corrected chi connectivity index (χ1v) is 7.07. The van der Waals surface area contributed by atoms with Crippen LogP contribution in [0.3, 0.4) is 0 Å². The van der Waals surface area contributed by atoms with Crippen molar-refractivity contribution in [2.75, 3.05) is 18.1 Å². The number of thioether (sulfide) groups is 1. The topological polar surface area (TPSA) is 55.6 Å². The Morgan fingerprint density at radius 2 is 2.06 bits per heavy atom. The highest BCUT2D eigenvalue weighted by molar-refractivity contribution is 7.98. The molecule has 2 heterocycles. The van der Waals surface area contributed by atoms with Gasteiger partial charge in [-0.15, -0.1) is 0 Å². The van der Waals surface area contributed by atoms with Crippen molar-refractivity contribution in [1.82, 2.24) is 19.7 Å². The smallest absolute Gasteiger partial charge is 0.191 e. The Bertz CT molecular complexity index is 549. The van der Waals surface area contributed by atoms with Gasteiger partial charge < -0.3 is 5.32 Å². The van der Waals surface area contributed by atoms with Gasteiger partial charge in [-0.3, -0.25) is 0 Å². The van der Waals surface area contributed by atoms with Gasteiger partial charge in [-0.25, -0.2) is 14.6 Å². The molecule has 96 valence electrons. The molecule has 0 aliphatic rings. The molecule has 1 N–H and O–H groups in total. The monoisotopic (exact) mass is 263 g/mol. The third-order valence-corrected chi connectivity index (χ3v) is 3.01. The summed E-state index contributed by atoms with van der Waals surface area (Å²) in [6.45, 7) is 6.88. The Morgan fingerprint density at radius 1 is 1.28 bits per heavy atom. The van der Waals surface area contributed by atoms with Crippen LogP contribution >= 0.6 is 11.8 Å². The molecule has 0 radical (unpaired) electrons. The van der Waals surface area contributed by atoms with E-state index in [2.05, 4.69) is 20.4 Å². The summed E-state index contributed by atoms with van der Waals surface area (Å²) in [7, 11) is 0. The molecular weight excluding hydrogens is 246 g/mol. The largest absolute Gasteiger partial charge is 0.370 e. The van der Waals surface area contributed by atoms with Crippen molar-refractivity contribution in [3.05, 3.63) is 23.5 Å². The Morgan fingerprint density at radius 3 is 2.61 bits per heavy atom. The zero-order valence-electron chi connectivity index (χ0n) is 11.1. The van der Waals surface area contributed by atoms with E-state index in [1.54, 1.807) is 0 Å². The van der Waals surface area contributed by atoms with Crippen molar-refractivity contribution < 1.29 is 0 Å². The lowest BCUT2D eigenvalue weighted by molar-refractivity contribution is 0.778. The number of nitrogens with one attached hydrogen (secondary N) is 1. The number of hydrogen-bond acceptors (Lipinski definition) is 5. The van der Waals surface area contributed by atoms with Crippen molar-refractivity contribution in [3.63, 3.8) is 0 Å². The molecule has 0 amide bonds. The van der Waals surface area contributed by atoms with Crippen LogP contribution in [-0.2, 0) is 0 Å². The predicted molar refractivity (Wildman–Crippen MR) is 74.6 cm³/mol. The third kappa shape index (κ3) is 2.64. The second kappa shape index (κ2) is 5.39. The minimum Gasteiger partial charge on any atom is -0.370 e. The zero-order valence-corrected chi connectivity index (χ0v) is 11.9.